The Morgan fingerprint density at radius 3 is 2.33 bits per heavy atom. The molecular formula is C13H23NO. The van der Waals surface area contributed by atoms with Crippen molar-refractivity contribution < 1.29 is 4.79 Å². The molecule has 0 radical (unpaired) electrons. The van der Waals surface area contributed by atoms with Gasteiger partial charge in [0.2, 0.25) is 5.91 Å². The molecule has 2 fully saturated rings. The van der Waals surface area contributed by atoms with Gasteiger partial charge in [0.25, 0.3) is 0 Å². The molecule has 0 aromatic rings. The van der Waals surface area contributed by atoms with Crippen LogP contribution >= 0.6 is 0 Å². The lowest BCUT2D eigenvalue weighted by atomic mass is 9.84. The molecule has 0 spiro atoms. The van der Waals surface area contributed by atoms with E-state index in [2.05, 4.69) is 18.7 Å². The van der Waals surface area contributed by atoms with Crippen LogP contribution in [0.1, 0.15) is 58.8 Å². The number of likely N-dealkylation sites (tertiary alicyclic amines) is 1. The van der Waals surface area contributed by atoms with Gasteiger partial charge in [0.15, 0.2) is 0 Å². The largest absolute Gasteiger partial charge is 0.337 e. The third-order valence-electron chi connectivity index (χ3n) is 4.33. The maximum absolute atomic E-state index is 11.8. The van der Waals surface area contributed by atoms with Crippen molar-refractivity contribution in [1.82, 2.24) is 4.90 Å². The lowest BCUT2D eigenvalue weighted by Crippen LogP contribution is -2.42. The van der Waals surface area contributed by atoms with Crippen molar-refractivity contribution >= 4 is 5.91 Å². The van der Waals surface area contributed by atoms with Gasteiger partial charge in [-0.15, -0.1) is 0 Å². The van der Waals surface area contributed by atoms with Gasteiger partial charge >= 0.3 is 0 Å². The maximum atomic E-state index is 11.8. The second-order valence-electron chi connectivity index (χ2n) is 5.27. The molecule has 15 heavy (non-hydrogen) atoms. The Morgan fingerprint density at radius 2 is 1.87 bits per heavy atom. The minimum atomic E-state index is 0.405. The highest BCUT2D eigenvalue weighted by molar-refractivity contribution is 5.79. The molecule has 1 saturated heterocycles. The van der Waals surface area contributed by atoms with E-state index in [9.17, 15) is 4.79 Å². The van der Waals surface area contributed by atoms with Crippen LogP contribution in [-0.2, 0) is 4.79 Å². The number of amides is 1. The van der Waals surface area contributed by atoms with E-state index >= 15 is 0 Å². The Bertz CT molecular complexity index is 231. The maximum Gasteiger partial charge on any atom is 0.223 e. The van der Waals surface area contributed by atoms with Crippen LogP contribution in [0.3, 0.4) is 0 Å². The summed E-state index contributed by atoms with van der Waals surface area (Å²) in [6, 6.07) is 1.07. The third-order valence-corrected chi connectivity index (χ3v) is 4.33. The van der Waals surface area contributed by atoms with Crippen molar-refractivity contribution in [1.29, 1.82) is 0 Å². The molecule has 1 saturated carbocycles. The molecular weight excluding hydrogens is 186 g/mol. The summed E-state index contributed by atoms with van der Waals surface area (Å²) in [7, 11) is 0. The minimum Gasteiger partial charge on any atom is -0.337 e. The zero-order chi connectivity index (χ0) is 10.8. The quantitative estimate of drug-likeness (QED) is 0.684. The van der Waals surface area contributed by atoms with Crippen LogP contribution in [0.25, 0.3) is 0 Å². The van der Waals surface area contributed by atoms with Crippen LogP contribution in [0.5, 0.6) is 0 Å². The fraction of sp³-hybridized carbons (Fsp3) is 0.923. The van der Waals surface area contributed by atoms with Crippen molar-refractivity contribution in [2.24, 2.45) is 5.92 Å². The second-order valence-corrected chi connectivity index (χ2v) is 5.27. The molecule has 2 rings (SSSR count). The number of carbonyl (C=O) groups excluding carboxylic acids is 1. The summed E-state index contributed by atoms with van der Waals surface area (Å²) in [5, 5.41) is 0. The molecule has 0 N–H and O–H groups in total. The summed E-state index contributed by atoms with van der Waals surface area (Å²) in [5.74, 6) is 1.33. The fourth-order valence-electron chi connectivity index (χ4n) is 3.24. The molecule has 1 heterocycles. The van der Waals surface area contributed by atoms with Crippen LogP contribution < -0.4 is 0 Å². The van der Waals surface area contributed by atoms with Crippen molar-refractivity contribution in [2.45, 2.75) is 70.9 Å². The Balaban J connectivity index is 1.92. The molecule has 1 amide bonds. The average Bonchev–Trinajstić information content (AvgIpc) is 2.59. The molecule has 0 aromatic carbocycles. The lowest BCUT2D eigenvalue weighted by Gasteiger charge is -2.36. The van der Waals surface area contributed by atoms with E-state index in [-0.39, 0.29) is 0 Å². The molecule has 2 heteroatoms. The highest BCUT2D eigenvalue weighted by Gasteiger charge is 2.35. The summed E-state index contributed by atoms with van der Waals surface area (Å²) in [6.07, 6.45) is 8.33. The van der Waals surface area contributed by atoms with Crippen LogP contribution in [0.15, 0.2) is 0 Å². The van der Waals surface area contributed by atoms with Gasteiger partial charge in [-0.1, -0.05) is 13.3 Å². The highest BCUT2D eigenvalue weighted by Crippen LogP contribution is 2.33. The van der Waals surface area contributed by atoms with E-state index in [1.54, 1.807) is 0 Å². The molecule has 86 valence electrons. The van der Waals surface area contributed by atoms with E-state index < -0.39 is 0 Å². The highest BCUT2D eigenvalue weighted by atomic mass is 16.2. The van der Waals surface area contributed by atoms with E-state index in [4.69, 9.17) is 0 Å². The molecule has 1 aliphatic heterocycles. The van der Waals surface area contributed by atoms with Gasteiger partial charge in [-0.2, -0.15) is 0 Å². The summed E-state index contributed by atoms with van der Waals surface area (Å²) < 4.78 is 0. The molecule has 1 atom stereocenters. The SMILES string of the molecule is CCC1CCC(N2C(=O)CCC2C)CC1. The molecule has 0 aromatic heterocycles. The van der Waals surface area contributed by atoms with E-state index in [0.29, 0.717) is 18.0 Å². The first-order valence-corrected chi connectivity index (χ1v) is 6.53. The fourth-order valence-corrected chi connectivity index (χ4v) is 3.24. The summed E-state index contributed by atoms with van der Waals surface area (Å²) in [6.45, 7) is 4.49. The zero-order valence-electron chi connectivity index (χ0n) is 10.0. The molecule has 1 unspecified atom stereocenters. The Kier molecular flexibility index (Phi) is 3.32. The topological polar surface area (TPSA) is 20.3 Å². The number of rotatable bonds is 2. The monoisotopic (exact) mass is 209 g/mol. The number of hydrogen-bond donors (Lipinski definition) is 0. The van der Waals surface area contributed by atoms with Crippen molar-refractivity contribution in [3.05, 3.63) is 0 Å². The number of nitrogens with zero attached hydrogens (tertiary/aromatic N) is 1. The molecule has 2 aliphatic rings. The van der Waals surface area contributed by atoms with Gasteiger partial charge in [-0.05, 0) is 44.9 Å². The van der Waals surface area contributed by atoms with Gasteiger partial charge in [-0.3, -0.25) is 4.79 Å². The van der Waals surface area contributed by atoms with E-state index in [0.717, 1.165) is 18.8 Å². The smallest absolute Gasteiger partial charge is 0.223 e. The number of hydrogen-bond acceptors (Lipinski definition) is 1. The second kappa shape index (κ2) is 4.54. The molecule has 2 nitrogen and oxygen atoms in total. The van der Waals surface area contributed by atoms with E-state index in [1.807, 2.05) is 0 Å². The van der Waals surface area contributed by atoms with Gasteiger partial charge in [0, 0.05) is 18.5 Å². The predicted octanol–water partition coefficient (Wildman–Crippen LogP) is 2.97. The van der Waals surface area contributed by atoms with Crippen molar-refractivity contribution in [2.75, 3.05) is 0 Å². The zero-order valence-corrected chi connectivity index (χ0v) is 10.0. The van der Waals surface area contributed by atoms with Crippen LogP contribution in [0.4, 0.5) is 0 Å². The van der Waals surface area contributed by atoms with Gasteiger partial charge in [-0.25, -0.2) is 0 Å². The van der Waals surface area contributed by atoms with Crippen molar-refractivity contribution in [3.8, 4) is 0 Å². The molecule has 1 aliphatic carbocycles. The first kappa shape index (κ1) is 11.0. The normalized spacial score (nSPS) is 37.3. The van der Waals surface area contributed by atoms with Gasteiger partial charge in [0.05, 0.1) is 0 Å². The summed E-state index contributed by atoms with van der Waals surface area (Å²) >= 11 is 0. The van der Waals surface area contributed by atoms with Crippen LogP contribution in [0, 0.1) is 5.92 Å². The Labute approximate surface area is 93.0 Å². The standard InChI is InChI=1S/C13H23NO/c1-3-11-5-7-12(8-6-11)14-10(2)4-9-13(14)15/h10-12H,3-9H2,1-2H3. The van der Waals surface area contributed by atoms with E-state index in [1.165, 1.54) is 32.1 Å². The van der Waals surface area contributed by atoms with Crippen LogP contribution in [-0.4, -0.2) is 22.9 Å². The third kappa shape index (κ3) is 2.19. The molecule has 0 bridgehead atoms. The first-order chi connectivity index (χ1) is 7.22. The summed E-state index contributed by atoms with van der Waals surface area (Å²) in [4.78, 5) is 13.9. The average molecular weight is 209 g/mol. The van der Waals surface area contributed by atoms with Gasteiger partial charge in [0.1, 0.15) is 0 Å². The van der Waals surface area contributed by atoms with Gasteiger partial charge < -0.3 is 4.90 Å². The Hall–Kier alpha value is -0.530. The first-order valence-electron chi connectivity index (χ1n) is 6.53. The number of carbonyl (C=O) groups is 1. The lowest BCUT2D eigenvalue weighted by molar-refractivity contribution is -0.131. The summed E-state index contributed by atoms with van der Waals surface area (Å²) in [5.41, 5.74) is 0. The van der Waals surface area contributed by atoms with Crippen molar-refractivity contribution in [3.63, 3.8) is 0 Å². The Morgan fingerprint density at radius 1 is 1.20 bits per heavy atom. The predicted molar refractivity (Wildman–Crippen MR) is 61.6 cm³/mol. The minimum absolute atomic E-state index is 0.405. The van der Waals surface area contributed by atoms with Crippen LogP contribution in [0.2, 0.25) is 0 Å².